The van der Waals surface area contributed by atoms with Crippen LogP contribution < -0.4 is 5.32 Å². The highest BCUT2D eigenvalue weighted by atomic mass is 79.9. The van der Waals surface area contributed by atoms with Gasteiger partial charge in [0.2, 0.25) is 0 Å². The summed E-state index contributed by atoms with van der Waals surface area (Å²) in [5, 5.41) is 7.96. The summed E-state index contributed by atoms with van der Waals surface area (Å²) in [6, 6.07) is 15.4. The molecule has 1 N–H and O–H groups in total. The van der Waals surface area contributed by atoms with Crippen LogP contribution in [0.5, 0.6) is 0 Å². The Bertz CT molecular complexity index is 703. The average molecular weight is 378 g/mol. The summed E-state index contributed by atoms with van der Waals surface area (Å²) in [5.41, 5.74) is 2.64. The number of hydrogen-bond donors (Lipinski definition) is 1. The Labute approximate surface area is 141 Å². The predicted octanol–water partition coefficient (Wildman–Crippen LogP) is 6.09. The highest BCUT2D eigenvalue weighted by molar-refractivity contribution is 9.10. The molecule has 0 saturated heterocycles. The zero-order chi connectivity index (χ0) is 14.7. The van der Waals surface area contributed by atoms with E-state index in [1.807, 2.05) is 11.3 Å². The van der Waals surface area contributed by atoms with Gasteiger partial charge < -0.3 is 5.32 Å². The third kappa shape index (κ3) is 3.83. The summed E-state index contributed by atoms with van der Waals surface area (Å²) in [6.45, 7) is 3.11. The Morgan fingerprint density at radius 3 is 2.81 bits per heavy atom. The van der Waals surface area contributed by atoms with Gasteiger partial charge in [0.05, 0.1) is 0 Å². The van der Waals surface area contributed by atoms with E-state index in [0.717, 1.165) is 11.0 Å². The quantitative estimate of drug-likeness (QED) is 0.567. The van der Waals surface area contributed by atoms with Crippen molar-refractivity contribution < 1.29 is 0 Å². The maximum absolute atomic E-state index is 3.59. The lowest BCUT2D eigenvalue weighted by Crippen LogP contribution is -2.17. The monoisotopic (exact) mass is 377 g/mol. The van der Waals surface area contributed by atoms with E-state index < -0.39 is 0 Å². The second-order valence-corrected chi connectivity index (χ2v) is 7.80. The van der Waals surface area contributed by atoms with Crippen molar-refractivity contribution in [1.82, 2.24) is 5.32 Å². The maximum Gasteiger partial charge on any atom is 0.0351 e. The number of benzene rings is 1. The summed E-state index contributed by atoms with van der Waals surface area (Å²) in [4.78, 5) is 2.72. The normalized spacial score (nSPS) is 12.5. The minimum atomic E-state index is 0.342. The van der Waals surface area contributed by atoms with Gasteiger partial charge in [-0.15, -0.1) is 22.7 Å². The van der Waals surface area contributed by atoms with E-state index in [1.165, 1.54) is 20.9 Å². The van der Waals surface area contributed by atoms with Crippen LogP contribution in [0.4, 0.5) is 0 Å². The standard InChI is InChI=1S/C17H16BrNS2/c1-12(13-4-2-5-15(18)8-13)19-10-16-9-14(11-21-16)17-6-3-7-20-17/h2-9,11-12,19H,10H2,1H3/t12-/m1/s1. The van der Waals surface area contributed by atoms with E-state index in [2.05, 4.69) is 81.4 Å². The number of hydrogen-bond acceptors (Lipinski definition) is 3. The number of halogens is 1. The largest absolute Gasteiger partial charge is 0.305 e. The minimum absolute atomic E-state index is 0.342. The SMILES string of the molecule is C[C@@H](NCc1cc(-c2cccs2)cs1)c1cccc(Br)c1. The molecule has 21 heavy (non-hydrogen) atoms. The van der Waals surface area contributed by atoms with Crippen molar-refractivity contribution in [3.8, 4) is 10.4 Å². The molecule has 3 rings (SSSR count). The third-order valence-electron chi connectivity index (χ3n) is 3.39. The van der Waals surface area contributed by atoms with Crippen LogP contribution in [0.1, 0.15) is 23.4 Å². The second kappa shape index (κ2) is 6.88. The highest BCUT2D eigenvalue weighted by Gasteiger charge is 2.07. The zero-order valence-corrected chi connectivity index (χ0v) is 14.9. The van der Waals surface area contributed by atoms with Gasteiger partial charge in [-0.1, -0.05) is 34.1 Å². The Hall–Kier alpha value is -0.940. The van der Waals surface area contributed by atoms with E-state index in [-0.39, 0.29) is 0 Å². The Kier molecular flexibility index (Phi) is 4.91. The smallest absolute Gasteiger partial charge is 0.0351 e. The average Bonchev–Trinajstić information content (AvgIpc) is 3.15. The van der Waals surface area contributed by atoms with Crippen molar-refractivity contribution in [3.05, 3.63) is 68.1 Å². The first-order valence-electron chi connectivity index (χ1n) is 6.82. The molecule has 0 fully saturated rings. The van der Waals surface area contributed by atoms with Crippen LogP contribution in [0.3, 0.4) is 0 Å². The molecule has 1 atom stereocenters. The lowest BCUT2D eigenvalue weighted by molar-refractivity contribution is 0.578. The van der Waals surface area contributed by atoms with Crippen LogP contribution in [0.15, 0.2) is 57.7 Å². The maximum atomic E-state index is 3.59. The van der Waals surface area contributed by atoms with Crippen LogP contribution in [0, 0.1) is 0 Å². The molecular weight excluding hydrogens is 362 g/mol. The van der Waals surface area contributed by atoms with Gasteiger partial charge in [-0.3, -0.25) is 0 Å². The molecular formula is C17H16BrNS2. The van der Waals surface area contributed by atoms with Gasteiger partial charge in [0, 0.05) is 32.4 Å². The van der Waals surface area contributed by atoms with Crippen LogP contribution in [-0.2, 0) is 6.54 Å². The molecule has 108 valence electrons. The Balaban J connectivity index is 1.63. The first-order chi connectivity index (χ1) is 10.2. The van der Waals surface area contributed by atoms with E-state index in [0.29, 0.717) is 6.04 Å². The van der Waals surface area contributed by atoms with Crippen molar-refractivity contribution in [2.75, 3.05) is 0 Å². The van der Waals surface area contributed by atoms with E-state index in [9.17, 15) is 0 Å². The summed E-state index contributed by atoms with van der Waals surface area (Å²) in [7, 11) is 0. The third-order valence-corrected chi connectivity index (χ3v) is 5.74. The molecule has 2 aromatic heterocycles. The van der Waals surface area contributed by atoms with Crippen molar-refractivity contribution in [2.24, 2.45) is 0 Å². The summed E-state index contributed by atoms with van der Waals surface area (Å²) in [5.74, 6) is 0. The first kappa shape index (κ1) is 15.0. The zero-order valence-electron chi connectivity index (χ0n) is 11.7. The van der Waals surface area contributed by atoms with Crippen molar-refractivity contribution in [3.63, 3.8) is 0 Å². The van der Waals surface area contributed by atoms with Crippen LogP contribution >= 0.6 is 38.6 Å². The summed E-state index contributed by atoms with van der Waals surface area (Å²) < 4.78 is 1.13. The molecule has 0 unspecified atom stereocenters. The van der Waals surface area contributed by atoms with E-state index in [4.69, 9.17) is 0 Å². The van der Waals surface area contributed by atoms with Gasteiger partial charge in [0.25, 0.3) is 0 Å². The van der Waals surface area contributed by atoms with Crippen molar-refractivity contribution in [2.45, 2.75) is 19.5 Å². The molecule has 0 aliphatic carbocycles. The van der Waals surface area contributed by atoms with Crippen LogP contribution in [0.2, 0.25) is 0 Å². The molecule has 4 heteroatoms. The summed E-state index contributed by atoms with van der Waals surface area (Å²) >= 11 is 7.14. The number of nitrogens with one attached hydrogen (secondary N) is 1. The topological polar surface area (TPSA) is 12.0 Å². The van der Waals surface area contributed by atoms with E-state index >= 15 is 0 Å². The highest BCUT2D eigenvalue weighted by Crippen LogP contribution is 2.29. The predicted molar refractivity (Wildman–Crippen MR) is 97.0 cm³/mol. The number of rotatable bonds is 5. The molecule has 1 aromatic carbocycles. The first-order valence-corrected chi connectivity index (χ1v) is 9.38. The van der Waals surface area contributed by atoms with Gasteiger partial charge in [-0.25, -0.2) is 0 Å². The Morgan fingerprint density at radius 2 is 2.05 bits per heavy atom. The fourth-order valence-corrected chi connectivity index (χ4v) is 4.23. The molecule has 0 radical (unpaired) electrons. The Morgan fingerprint density at radius 1 is 1.14 bits per heavy atom. The summed E-state index contributed by atoms with van der Waals surface area (Å²) in [6.07, 6.45) is 0. The van der Waals surface area contributed by atoms with Crippen LogP contribution in [0.25, 0.3) is 10.4 Å². The minimum Gasteiger partial charge on any atom is -0.305 e. The van der Waals surface area contributed by atoms with Gasteiger partial charge in [-0.2, -0.15) is 0 Å². The molecule has 0 bridgehead atoms. The molecule has 0 spiro atoms. The molecule has 0 aliphatic heterocycles. The molecule has 3 aromatic rings. The molecule has 2 heterocycles. The molecule has 0 saturated carbocycles. The van der Waals surface area contributed by atoms with Crippen molar-refractivity contribution >= 4 is 38.6 Å². The van der Waals surface area contributed by atoms with E-state index in [1.54, 1.807) is 11.3 Å². The number of thiophene rings is 2. The lowest BCUT2D eigenvalue weighted by atomic mass is 10.1. The van der Waals surface area contributed by atoms with Gasteiger partial charge in [0.15, 0.2) is 0 Å². The van der Waals surface area contributed by atoms with Gasteiger partial charge in [0.1, 0.15) is 0 Å². The van der Waals surface area contributed by atoms with Crippen LogP contribution in [-0.4, -0.2) is 0 Å². The molecule has 0 aliphatic rings. The van der Waals surface area contributed by atoms with Gasteiger partial charge in [-0.05, 0) is 47.5 Å². The molecule has 1 nitrogen and oxygen atoms in total. The fraction of sp³-hybridized carbons (Fsp3) is 0.176. The molecule has 0 amide bonds. The second-order valence-electron chi connectivity index (χ2n) is 4.94. The van der Waals surface area contributed by atoms with Gasteiger partial charge >= 0.3 is 0 Å². The fourth-order valence-electron chi connectivity index (χ4n) is 2.19. The lowest BCUT2D eigenvalue weighted by Gasteiger charge is -2.13. The van der Waals surface area contributed by atoms with Crippen molar-refractivity contribution in [1.29, 1.82) is 0 Å².